The van der Waals surface area contributed by atoms with E-state index in [0.717, 1.165) is 5.56 Å². The molecule has 1 aliphatic rings. The fourth-order valence-corrected chi connectivity index (χ4v) is 3.75. The molecule has 116 valence electrons. The molecule has 0 spiro atoms. The quantitative estimate of drug-likeness (QED) is 0.884. The predicted molar refractivity (Wildman–Crippen MR) is 80.7 cm³/mol. The normalized spacial score (nSPS) is 17.6. The van der Waals surface area contributed by atoms with E-state index in [-0.39, 0.29) is 13.1 Å². The molecule has 6 nitrogen and oxygen atoms in total. The number of carboxylic acid groups (broad SMARTS) is 1. The Morgan fingerprint density at radius 1 is 1.38 bits per heavy atom. The van der Waals surface area contributed by atoms with E-state index in [1.165, 1.54) is 4.31 Å². The monoisotopic (exact) mass is 332 g/mol. The molecule has 0 aromatic heterocycles. The lowest BCUT2D eigenvalue weighted by Crippen LogP contribution is -2.43. The standard InChI is InChI=1S/C13H17ClN2O4S/c1-9-2-3-11(14)12(8-9)15-21(19,20)16-6-4-10(5-7-16)13(17)18/h2-3,8,10,15H,4-7H2,1H3,(H,17,18). The Hall–Kier alpha value is -1.31. The Morgan fingerprint density at radius 3 is 2.57 bits per heavy atom. The van der Waals surface area contributed by atoms with Crippen molar-refractivity contribution < 1.29 is 18.3 Å². The second-order valence-corrected chi connectivity index (χ2v) is 7.18. The molecule has 0 bridgehead atoms. The highest BCUT2D eigenvalue weighted by atomic mass is 35.5. The van der Waals surface area contributed by atoms with E-state index in [2.05, 4.69) is 4.72 Å². The number of anilines is 1. The lowest BCUT2D eigenvalue weighted by molar-refractivity contribution is -0.142. The topological polar surface area (TPSA) is 86.7 Å². The van der Waals surface area contributed by atoms with Gasteiger partial charge in [-0.15, -0.1) is 0 Å². The van der Waals surface area contributed by atoms with Crippen LogP contribution < -0.4 is 4.72 Å². The van der Waals surface area contributed by atoms with E-state index >= 15 is 0 Å². The lowest BCUT2D eigenvalue weighted by Gasteiger charge is -2.29. The lowest BCUT2D eigenvalue weighted by atomic mass is 9.99. The van der Waals surface area contributed by atoms with Gasteiger partial charge in [0.25, 0.3) is 0 Å². The van der Waals surface area contributed by atoms with Gasteiger partial charge in [0.05, 0.1) is 16.6 Å². The molecule has 1 fully saturated rings. The molecule has 8 heteroatoms. The van der Waals surface area contributed by atoms with E-state index in [1.54, 1.807) is 18.2 Å². The average Bonchev–Trinajstić information content (AvgIpc) is 2.43. The van der Waals surface area contributed by atoms with Crippen molar-refractivity contribution in [3.63, 3.8) is 0 Å². The summed E-state index contributed by atoms with van der Waals surface area (Å²) in [7, 11) is -3.72. The number of hydrogen-bond acceptors (Lipinski definition) is 3. The molecule has 0 radical (unpaired) electrons. The minimum Gasteiger partial charge on any atom is -0.481 e. The zero-order valence-electron chi connectivity index (χ0n) is 11.5. The Balaban J connectivity index is 2.09. The molecule has 1 aromatic carbocycles. The number of carbonyl (C=O) groups is 1. The fourth-order valence-electron chi connectivity index (χ4n) is 2.26. The van der Waals surface area contributed by atoms with Gasteiger partial charge in [0.1, 0.15) is 0 Å². The van der Waals surface area contributed by atoms with Crippen molar-refractivity contribution in [3.05, 3.63) is 28.8 Å². The summed E-state index contributed by atoms with van der Waals surface area (Å²) in [6.07, 6.45) is 0.635. The number of carboxylic acids is 1. The van der Waals surface area contributed by atoms with Gasteiger partial charge in [-0.2, -0.15) is 12.7 Å². The Bertz CT molecular complexity index is 640. The van der Waals surface area contributed by atoms with Crippen LogP contribution in [0.3, 0.4) is 0 Å². The van der Waals surface area contributed by atoms with Crippen LogP contribution in [0.1, 0.15) is 18.4 Å². The summed E-state index contributed by atoms with van der Waals surface area (Å²) >= 11 is 5.98. The van der Waals surface area contributed by atoms with Gasteiger partial charge in [0.2, 0.25) is 0 Å². The third-order valence-corrected chi connectivity index (χ3v) is 5.36. The number of aryl methyl sites for hydroxylation is 1. The molecule has 0 amide bonds. The van der Waals surface area contributed by atoms with Gasteiger partial charge in [0, 0.05) is 13.1 Å². The first kappa shape index (κ1) is 16.1. The molecule has 1 heterocycles. The summed E-state index contributed by atoms with van der Waals surface area (Å²) in [5.74, 6) is -1.35. The third-order valence-electron chi connectivity index (χ3n) is 3.50. The van der Waals surface area contributed by atoms with Gasteiger partial charge in [-0.1, -0.05) is 17.7 Å². The van der Waals surface area contributed by atoms with Crippen LogP contribution in [0.4, 0.5) is 5.69 Å². The van der Waals surface area contributed by atoms with E-state index < -0.39 is 22.1 Å². The zero-order chi connectivity index (χ0) is 15.6. The van der Waals surface area contributed by atoms with E-state index in [4.69, 9.17) is 16.7 Å². The van der Waals surface area contributed by atoms with E-state index in [0.29, 0.717) is 23.6 Å². The molecule has 0 atom stereocenters. The first-order chi connectivity index (χ1) is 9.79. The predicted octanol–water partition coefficient (Wildman–Crippen LogP) is 2.10. The average molecular weight is 333 g/mol. The van der Waals surface area contributed by atoms with Crippen LogP contribution in [-0.2, 0) is 15.0 Å². The van der Waals surface area contributed by atoms with E-state index in [1.807, 2.05) is 6.92 Å². The van der Waals surface area contributed by atoms with Crippen LogP contribution >= 0.6 is 11.6 Å². The van der Waals surface area contributed by atoms with E-state index in [9.17, 15) is 13.2 Å². The smallest absolute Gasteiger partial charge is 0.306 e. The van der Waals surface area contributed by atoms with Crippen LogP contribution in [0.25, 0.3) is 0 Å². The maximum atomic E-state index is 12.3. The van der Waals surface area contributed by atoms with Crippen molar-refractivity contribution in [2.24, 2.45) is 5.92 Å². The highest BCUT2D eigenvalue weighted by Gasteiger charge is 2.31. The fraction of sp³-hybridized carbons (Fsp3) is 0.462. The molecule has 21 heavy (non-hydrogen) atoms. The molecular formula is C13H17ClN2O4S. The van der Waals surface area contributed by atoms with Crippen LogP contribution in [0.2, 0.25) is 5.02 Å². The van der Waals surface area contributed by atoms with Gasteiger partial charge in [-0.3, -0.25) is 9.52 Å². The zero-order valence-corrected chi connectivity index (χ0v) is 13.1. The highest BCUT2D eigenvalue weighted by Crippen LogP contribution is 2.26. The van der Waals surface area contributed by atoms with Crippen molar-refractivity contribution in [1.29, 1.82) is 0 Å². The summed E-state index contributed by atoms with van der Waals surface area (Å²) in [6.45, 7) is 2.22. The van der Waals surface area contributed by atoms with Gasteiger partial charge >= 0.3 is 16.2 Å². The highest BCUT2D eigenvalue weighted by molar-refractivity contribution is 7.90. The Morgan fingerprint density at radius 2 is 2.00 bits per heavy atom. The summed E-state index contributed by atoms with van der Waals surface area (Å²) in [5.41, 5.74) is 1.22. The number of nitrogens with one attached hydrogen (secondary N) is 1. The van der Waals surface area contributed by atoms with Crippen molar-refractivity contribution in [1.82, 2.24) is 4.31 Å². The SMILES string of the molecule is Cc1ccc(Cl)c(NS(=O)(=O)N2CCC(C(=O)O)CC2)c1. The number of aliphatic carboxylic acids is 1. The molecule has 1 aliphatic heterocycles. The van der Waals surface area contributed by atoms with Crippen molar-refractivity contribution in [3.8, 4) is 0 Å². The molecule has 2 rings (SSSR count). The largest absolute Gasteiger partial charge is 0.481 e. The molecule has 0 aliphatic carbocycles. The number of benzene rings is 1. The Labute approximate surface area is 128 Å². The molecule has 0 saturated carbocycles. The molecule has 0 unspecified atom stereocenters. The second-order valence-electron chi connectivity index (χ2n) is 5.10. The second kappa shape index (κ2) is 6.21. The number of hydrogen-bond donors (Lipinski definition) is 2. The van der Waals surface area contributed by atoms with Gasteiger partial charge in [0.15, 0.2) is 0 Å². The number of piperidine rings is 1. The van der Waals surface area contributed by atoms with Crippen LogP contribution in [-0.4, -0.2) is 36.9 Å². The minimum atomic E-state index is -3.72. The summed E-state index contributed by atoms with van der Waals surface area (Å²) in [4.78, 5) is 10.9. The number of rotatable bonds is 4. The molecule has 1 saturated heterocycles. The minimum absolute atomic E-state index is 0.190. The molecule has 1 aromatic rings. The van der Waals surface area contributed by atoms with Crippen molar-refractivity contribution in [2.75, 3.05) is 17.8 Å². The third kappa shape index (κ3) is 3.87. The summed E-state index contributed by atoms with van der Waals surface area (Å²) < 4.78 is 28.3. The number of nitrogens with zero attached hydrogens (tertiary/aromatic N) is 1. The molecular weight excluding hydrogens is 316 g/mol. The van der Waals surface area contributed by atoms with Gasteiger partial charge in [-0.05, 0) is 37.5 Å². The first-order valence-corrected chi connectivity index (χ1v) is 8.38. The van der Waals surface area contributed by atoms with Crippen molar-refractivity contribution >= 4 is 33.5 Å². The van der Waals surface area contributed by atoms with Gasteiger partial charge < -0.3 is 5.11 Å². The Kier molecular flexibility index (Phi) is 4.75. The summed E-state index contributed by atoms with van der Waals surface area (Å²) in [6, 6.07) is 5.08. The maximum absolute atomic E-state index is 12.3. The molecule has 2 N–H and O–H groups in total. The van der Waals surface area contributed by atoms with Crippen LogP contribution in [0.15, 0.2) is 18.2 Å². The summed E-state index contributed by atoms with van der Waals surface area (Å²) in [5, 5.41) is 9.25. The van der Waals surface area contributed by atoms with Crippen LogP contribution in [0.5, 0.6) is 0 Å². The van der Waals surface area contributed by atoms with Crippen LogP contribution in [0, 0.1) is 12.8 Å². The number of halogens is 1. The van der Waals surface area contributed by atoms with Crippen molar-refractivity contribution in [2.45, 2.75) is 19.8 Å². The first-order valence-electron chi connectivity index (χ1n) is 6.56. The maximum Gasteiger partial charge on any atom is 0.306 e. The van der Waals surface area contributed by atoms with Gasteiger partial charge in [-0.25, -0.2) is 0 Å².